The first-order valence-electron chi connectivity index (χ1n) is 8.20. The van der Waals surface area contributed by atoms with Crippen molar-refractivity contribution >= 4 is 5.97 Å². The van der Waals surface area contributed by atoms with Crippen LogP contribution in [0.3, 0.4) is 0 Å². The average Bonchev–Trinajstić information content (AvgIpc) is 3.19. The molecule has 28 heavy (non-hydrogen) atoms. The van der Waals surface area contributed by atoms with Crippen molar-refractivity contribution in [2.24, 2.45) is 0 Å². The van der Waals surface area contributed by atoms with E-state index in [2.05, 4.69) is 14.9 Å². The molecule has 0 saturated heterocycles. The van der Waals surface area contributed by atoms with Crippen molar-refractivity contribution < 1.29 is 32.2 Å². The largest absolute Gasteiger partial charge is 0.493 e. The number of aromatic nitrogens is 2. The van der Waals surface area contributed by atoms with Crippen LogP contribution in [0.2, 0.25) is 0 Å². The molecule has 0 radical (unpaired) electrons. The van der Waals surface area contributed by atoms with Crippen LogP contribution in [0.1, 0.15) is 29.3 Å². The predicted molar refractivity (Wildman–Crippen MR) is 93.2 cm³/mol. The van der Waals surface area contributed by atoms with Crippen LogP contribution in [0.25, 0.3) is 11.5 Å². The third kappa shape index (κ3) is 4.43. The molecule has 0 aliphatic rings. The van der Waals surface area contributed by atoms with Crippen molar-refractivity contribution in [1.82, 2.24) is 10.2 Å². The van der Waals surface area contributed by atoms with Crippen LogP contribution in [0, 0.1) is 0 Å². The van der Waals surface area contributed by atoms with Crippen molar-refractivity contribution in [1.29, 1.82) is 0 Å². The Hall–Kier alpha value is -3.49. The van der Waals surface area contributed by atoms with Gasteiger partial charge in [-0.3, -0.25) is 0 Å². The van der Waals surface area contributed by atoms with Gasteiger partial charge in [-0.15, -0.1) is 10.2 Å². The van der Waals surface area contributed by atoms with E-state index in [0.717, 1.165) is 5.56 Å². The molecular weight excluding hydrogens is 374 g/mol. The first kappa shape index (κ1) is 19.3. The maximum Gasteiger partial charge on any atom is 0.387 e. The topological polar surface area (TPSA) is 83.7 Å². The normalized spacial score (nSPS) is 11.9. The van der Waals surface area contributed by atoms with Crippen LogP contribution in [-0.4, -0.2) is 29.9 Å². The second-order valence-electron chi connectivity index (χ2n) is 5.60. The van der Waals surface area contributed by atoms with E-state index in [1.807, 2.05) is 30.3 Å². The third-order valence-electron chi connectivity index (χ3n) is 3.71. The highest BCUT2D eigenvalue weighted by molar-refractivity contribution is 5.90. The minimum absolute atomic E-state index is 0.0217. The number of carbonyl (C=O) groups is 1. The van der Waals surface area contributed by atoms with Crippen molar-refractivity contribution in [3.8, 4) is 23.0 Å². The maximum absolute atomic E-state index is 12.4. The van der Waals surface area contributed by atoms with Gasteiger partial charge in [0, 0.05) is 5.56 Å². The standard InChI is InChI=1S/C19H16F2N2O5/c1-11(16-22-23-17(28-16)12-6-4-3-5-7-12)26-18(24)13-8-9-14(27-19(20)21)15(10-13)25-2/h3-11,19H,1-2H3/t11-/m1/s1. The van der Waals surface area contributed by atoms with E-state index >= 15 is 0 Å². The highest BCUT2D eigenvalue weighted by Gasteiger charge is 2.21. The molecule has 2 aromatic carbocycles. The molecule has 0 unspecified atom stereocenters. The maximum atomic E-state index is 12.4. The van der Waals surface area contributed by atoms with Crippen LogP contribution in [0.4, 0.5) is 8.78 Å². The lowest BCUT2D eigenvalue weighted by Crippen LogP contribution is -2.10. The summed E-state index contributed by atoms with van der Waals surface area (Å²) in [6.45, 7) is -1.44. The fraction of sp³-hybridized carbons (Fsp3) is 0.211. The SMILES string of the molecule is COc1cc(C(=O)O[C@H](C)c2nnc(-c3ccccc3)o2)ccc1OC(F)F. The van der Waals surface area contributed by atoms with Gasteiger partial charge in [-0.1, -0.05) is 18.2 Å². The predicted octanol–water partition coefficient (Wildman–Crippen LogP) is 4.26. The Kier molecular flexibility index (Phi) is 5.83. The van der Waals surface area contributed by atoms with Crippen LogP contribution < -0.4 is 9.47 Å². The van der Waals surface area contributed by atoms with E-state index in [-0.39, 0.29) is 23.0 Å². The Bertz CT molecular complexity index is 947. The van der Waals surface area contributed by atoms with Gasteiger partial charge < -0.3 is 18.6 Å². The van der Waals surface area contributed by atoms with E-state index in [4.69, 9.17) is 13.9 Å². The van der Waals surface area contributed by atoms with Gasteiger partial charge in [-0.2, -0.15) is 8.78 Å². The molecule has 1 atom stereocenters. The summed E-state index contributed by atoms with van der Waals surface area (Å²) in [6, 6.07) is 12.9. The molecule has 3 aromatic rings. The molecule has 0 N–H and O–H groups in total. The van der Waals surface area contributed by atoms with Gasteiger partial charge in [0.25, 0.3) is 5.89 Å². The molecule has 9 heteroatoms. The van der Waals surface area contributed by atoms with Crippen LogP contribution in [0.5, 0.6) is 11.5 Å². The Morgan fingerprint density at radius 1 is 1.07 bits per heavy atom. The summed E-state index contributed by atoms with van der Waals surface area (Å²) in [5.74, 6) is -0.502. The first-order valence-corrected chi connectivity index (χ1v) is 8.20. The van der Waals surface area contributed by atoms with Gasteiger partial charge in [0.1, 0.15) is 0 Å². The number of carbonyl (C=O) groups excluding carboxylic acids is 1. The molecule has 1 aromatic heterocycles. The number of ether oxygens (including phenoxy) is 3. The number of esters is 1. The van der Waals surface area contributed by atoms with E-state index in [1.165, 1.54) is 25.3 Å². The number of halogens is 2. The lowest BCUT2D eigenvalue weighted by molar-refractivity contribution is -0.0512. The smallest absolute Gasteiger partial charge is 0.387 e. The molecule has 0 spiro atoms. The molecule has 7 nitrogen and oxygen atoms in total. The Balaban J connectivity index is 1.71. The van der Waals surface area contributed by atoms with E-state index in [9.17, 15) is 13.6 Å². The molecule has 3 rings (SSSR count). The van der Waals surface area contributed by atoms with Crippen LogP contribution >= 0.6 is 0 Å². The Morgan fingerprint density at radius 3 is 2.50 bits per heavy atom. The number of methoxy groups -OCH3 is 1. The summed E-state index contributed by atoms with van der Waals surface area (Å²) >= 11 is 0. The Labute approximate surface area is 158 Å². The Morgan fingerprint density at radius 2 is 1.82 bits per heavy atom. The molecule has 0 aliphatic heterocycles. The van der Waals surface area contributed by atoms with Crippen molar-refractivity contribution in [3.63, 3.8) is 0 Å². The summed E-state index contributed by atoms with van der Waals surface area (Å²) in [5, 5.41) is 7.84. The van der Waals surface area contributed by atoms with Gasteiger partial charge in [-0.25, -0.2) is 4.79 Å². The summed E-state index contributed by atoms with van der Waals surface area (Å²) in [6.07, 6.45) is -0.819. The molecule has 0 fully saturated rings. The first-order chi connectivity index (χ1) is 13.5. The van der Waals surface area contributed by atoms with E-state index in [1.54, 1.807) is 6.92 Å². The third-order valence-corrected chi connectivity index (χ3v) is 3.71. The van der Waals surface area contributed by atoms with Crippen LogP contribution in [0.15, 0.2) is 52.9 Å². The molecule has 1 heterocycles. The highest BCUT2D eigenvalue weighted by Crippen LogP contribution is 2.30. The van der Waals surface area contributed by atoms with Gasteiger partial charge in [0.15, 0.2) is 17.6 Å². The summed E-state index contributed by atoms with van der Waals surface area (Å²) in [5.41, 5.74) is 0.826. The van der Waals surface area contributed by atoms with E-state index < -0.39 is 18.7 Å². The second-order valence-corrected chi connectivity index (χ2v) is 5.60. The zero-order chi connectivity index (χ0) is 20.1. The number of benzene rings is 2. The second kappa shape index (κ2) is 8.47. The minimum Gasteiger partial charge on any atom is -0.493 e. The molecule has 146 valence electrons. The van der Waals surface area contributed by atoms with Crippen LogP contribution in [-0.2, 0) is 4.74 Å². The highest BCUT2D eigenvalue weighted by atomic mass is 19.3. The molecule has 0 aliphatic carbocycles. The number of hydrogen-bond donors (Lipinski definition) is 0. The van der Waals surface area contributed by atoms with Crippen molar-refractivity contribution in [2.45, 2.75) is 19.6 Å². The summed E-state index contributed by atoms with van der Waals surface area (Å²) < 4.78 is 44.9. The number of hydrogen-bond acceptors (Lipinski definition) is 7. The van der Waals surface area contributed by atoms with Gasteiger partial charge in [0.2, 0.25) is 5.89 Å². The van der Waals surface area contributed by atoms with Gasteiger partial charge in [-0.05, 0) is 37.3 Å². The molecular formula is C19H16F2N2O5. The molecule has 0 saturated carbocycles. The van der Waals surface area contributed by atoms with E-state index in [0.29, 0.717) is 5.89 Å². The fourth-order valence-electron chi connectivity index (χ4n) is 2.36. The minimum atomic E-state index is -3.01. The number of nitrogens with zero attached hydrogens (tertiary/aromatic N) is 2. The summed E-state index contributed by atoms with van der Waals surface area (Å²) in [7, 11) is 1.27. The molecule has 0 bridgehead atoms. The fourth-order valence-corrected chi connectivity index (χ4v) is 2.36. The zero-order valence-electron chi connectivity index (χ0n) is 15.0. The number of alkyl halides is 2. The number of rotatable bonds is 7. The lowest BCUT2D eigenvalue weighted by atomic mass is 10.2. The van der Waals surface area contributed by atoms with Gasteiger partial charge >= 0.3 is 12.6 Å². The monoisotopic (exact) mass is 390 g/mol. The lowest BCUT2D eigenvalue weighted by Gasteiger charge is -2.12. The summed E-state index contributed by atoms with van der Waals surface area (Å²) in [4.78, 5) is 12.4. The quantitative estimate of drug-likeness (QED) is 0.557. The van der Waals surface area contributed by atoms with Gasteiger partial charge in [0.05, 0.1) is 12.7 Å². The molecule has 0 amide bonds. The van der Waals surface area contributed by atoms with Crippen molar-refractivity contribution in [2.75, 3.05) is 7.11 Å². The average molecular weight is 390 g/mol. The zero-order valence-corrected chi connectivity index (χ0v) is 15.0. The van der Waals surface area contributed by atoms with Crippen molar-refractivity contribution in [3.05, 3.63) is 60.0 Å².